The summed E-state index contributed by atoms with van der Waals surface area (Å²) in [5.74, 6) is -2.76. The second kappa shape index (κ2) is 6.62. The number of rotatable bonds is 1. The second-order valence-corrected chi connectivity index (χ2v) is 3.59. The fraction of sp³-hybridized carbons (Fsp3) is 0.273. The minimum atomic E-state index is -5.08. The fourth-order valence-electron chi connectivity index (χ4n) is 0.961. The topological polar surface area (TPSA) is 92.4 Å². The summed E-state index contributed by atoms with van der Waals surface area (Å²) in [6.07, 6.45) is -5.08. The van der Waals surface area contributed by atoms with Crippen molar-refractivity contribution in [3.05, 3.63) is 29.3 Å². The van der Waals surface area contributed by atoms with E-state index in [4.69, 9.17) is 15.6 Å². The predicted molar refractivity (Wildman–Crippen MR) is 62.8 cm³/mol. The van der Waals surface area contributed by atoms with E-state index in [2.05, 4.69) is 5.32 Å². The van der Waals surface area contributed by atoms with Gasteiger partial charge in [-0.25, -0.2) is 9.59 Å². The SMILES string of the molecule is Cc1ccc(NC(N)=O)cc1C.O=C(O)C(F)(F)F. The molecule has 0 atom stereocenters. The third-order valence-corrected chi connectivity index (χ3v) is 2.02. The molecule has 0 fully saturated rings. The molecule has 0 radical (unpaired) electrons. The Balaban J connectivity index is 0.000000399. The summed E-state index contributed by atoms with van der Waals surface area (Å²) in [6.45, 7) is 4.00. The maximum Gasteiger partial charge on any atom is 0.490 e. The van der Waals surface area contributed by atoms with E-state index in [0.717, 1.165) is 11.3 Å². The summed E-state index contributed by atoms with van der Waals surface area (Å²) >= 11 is 0. The molecule has 0 saturated carbocycles. The summed E-state index contributed by atoms with van der Waals surface area (Å²) in [6, 6.07) is 5.13. The van der Waals surface area contributed by atoms with E-state index in [1.807, 2.05) is 32.0 Å². The highest BCUT2D eigenvalue weighted by Crippen LogP contribution is 2.13. The van der Waals surface area contributed by atoms with Crippen LogP contribution in [0.1, 0.15) is 11.1 Å². The van der Waals surface area contributed by atoms with Crippen molar-refractivity contribution in [1.29, 1.82) is 0 Å². The normalized spacial score (nSPS) is 10.2. The van der Waals surface area contributed by atoms with Gasteiger partial charge in [-0.05, 0) is 37.1 Å². The van der Waals surface area contributed by atoms with Gasteiger partial charge in [-0.15, -0.1) is 0 Å². The van der Waals surface area contributed by atoms with Crippen molar-refractivity contribution >= 4 is 17.7 Å². The van der Waals surface area contributed by atoms with Crippen molar-refractivity contribution in [2.75, 3.05) is 5.32 Å². The van der Waals surface area contributed by atoms with Gasteiger partial charge in [0.25, 0.3) is 0 Å². The number of anilines is 1. The number of carbonyl (C=O) groups excluding carboxylic acids is 1. The van der Waals surface area contributed by atoms with Gasteiger partial charge >= 0.3 is 18.2 Å². The van der Waals surface area contributed by atoms with Gasteiger partial charge in [0.15, 0.2) is 0 Å². The first-order chi connectivity index (χ1) is 8.54. The molecule has 0 heterocycles. The minimum Gasteiger partial charge on any atom is -0.475 e. The Labute approximate surface area is 107 Å². The molecular formula is C11H13F3N2O3. The van der Waals surface area contributed by atoms with Gasteiger partial charge in [-0.1, -0.05) is 6.07 Å². The van der Waals surface area contributed by atoms with E-state index >= 15 is 0 Å². The van der Waals surface area contributed by atoms with Gasteiger partial charge in [0.2, 0.25) is 0 Å². The summed E-state index contributed by atoms with van der Waals surface area (Å²) < 4.78 is 31.7. The molecule has 8 heteroatoms. The number of carboxylic acids is 1. The van der Waals surface area contributed by atoms with Crippen LogP contribution in [0.25, 0.3) is 0 Å². The molecule has 106 valence electrons. The smallest absolute Gasteiger partial charge is 0.475 e. The Kier molecular flexibility index (Phi) is 5.84. The fourth-order valence-corrected chi connectivity index (χ4v) is 0.961. The van der Waals surface area contributed by atoms with Crippen molar-refractivity contribution < 1.29 is 27.9 Å². The first-order valence-electron chi connectivity index (χ1n) is 4.98. The van der Waals surface area contributed by atoms with Gasteiger partial charge in [0, 0.05) is 5.69 Å². The van der Waals surface area contributed by atoms with Crippen LogP contribution in [0.4, 0.5) is 23.7 Å². The highest BCUT2D eigenvalue weighted by atomic mass is 19.4. The lowest BCUT2D eigenvalue weighted by atomic mass is 10.1. The maximum absolute atomic E-state index is 10.6. The average molecular weight is 278 g/mol. The van der Waals surface area contributed by atoms with Crippen LogP contribution >= 0.6 is 0 Å². The van der Waals surface area contributed by atoms with Gasteiger partial charge in [-0.3, -0.25) is 0 Å². The Bertz CT molecular complexity index is 473. The van der Waals surface area contributed by atoms with Crippen LogP contribution in [0.2, 0.25) is 0 Å². The van der Waals surface area contributed by atoms with Gasteiger partial charge in [0.1, 0.15) is 0 Å². The number of benzene rings is 1. The largest absolute Gasteiger partial charge is 0.490 e. The van der Waals surface area contributed by atoms with Crippen LogP contribution in [0.5, 0.6) is 0 Å². The molecule has 0 spiro atoms. The Morgan fingerprint density at radius 2 is 1.68 bits per heavy atom. The number of carboxylic acid groups (broad SMARTS) is 1. The summed E-state index contributed by atoms with van der Waals surface area (Å²) in [5, 5.41) is 9.64. The lowest BCUT2D eigenvalue weighted by molar-refractivity contribution is -0.192. The van der Waals surface area contributed by atoms with Crippen LogP contribution in [0.3, 0.4) is 0 Å². The van der Waals surface area contributed by atoms with E-state index < -0.39 is 18.2 Å². The molecule has 1 aromatic carbocycles. The molecule has 5 nitrogen and oxygen atoms in total. The molecule has 0 aliphatic rings. The first-order valence-corrected chi connectivity index (χ1v) is 4.98. The standard InChI is InChI=1S/C9H12N2O.C2HF3O2/c1-6-3-4-8(5-7(6)2)11-9(10)12;3-2(4,5)1(6)7/h3-5H,1-2H3,(H3,10,11,12);(H,6,7). The zero-order chi connectivity index (χ0) is 15.2. The molecule has 1 aromatic rings. The third kappa shape index (κ3) is 6.92. The number of amides is 2. The molecule has 0 saturated heterocycles. The number of hydrogen-bond acceptors (Lipinski definition) is 2. The van der Waals surface area contributed by atoms with Gasteiger partial charge < -0.3 is 16.2 Å². The van der Waals surface area contributed by atoms with E-state index in [9.17, 15) is 18.0 Å². The van der Waals surface area contributed by atoms with Crippen LogP contribution in [0, 0.1) is 13.8 Å². The van der Waals surface area contributed by atoms with Crippen molar-refractivity contribution in [3.63, 3.8) is 0 Å². The van der Waals surface area contributed by atoms with Crippen molar-refractivity contribution in [2.24, 2.45) is 5.73 Å². The number of primary amides is 1. The maximum atomic E-state index is 10.6. The van der Waals surface area contributed by atoms with Gasteiger partial charge in [-0.2, -0.15) is 13.2 Å². The zero-order valence-electron chi connectivity index (χ0n) is 10.2. The molecule has 0 aliphatic heterocycles. The number of nitrogens with two attached hydrogens (primary N) is 1. The van der Waals surface area contributed by atoms with Crippen LogP contribution in [0.15, 0.2) is 18.2 Å². The first kappa shape index (κ1) is 16.8. The Morgan fingerprint density at radius 1 is 1.21 bits per heavy atom. The number of halogens is 3. The molecule has 0 unspecified atom stereocenters. The van der Waals surface area contributed by atoms with Gasteiger partial charge in [0.05, 0.1) is 0 Å². The zero-order valence-corrected chi connectivity index (χ0v) is 10.2. The number of nitrogens with one attached hydrogen (secondary N) is 1. The Hall–Kier alpha value is -2.25. The monoisotopic (exact) mass is 278 g/mol. The number of aryl methyl sites for hydroxylation is 2. The lowest BCUT2D eigenvalue weighted by Crippen LogP contribution is -2.21. The van der Waals surface area contributed by atoms with Crippen LogP contribution in [-0.2, 0) is 4.79 Å². The predicted octanol–water partition coefficient (Wildman–Crippen LogP) is 2.43. The van der Waals surface area contributed by atoms with Crippen LogP contribution < -0.4 is 11.1 Å². The molecule has 0 aromatic heterocycles. The molecular weight excluding hydrogens is 265 g/mol. The highest BCUT2D eigenvalue weighted by Gasteiger charge is 2.38. The number of hydrogen-bond donors (Lipinski definition) is 3. The van der Waals surface area contributed by atoms with Crippen molar-refractivity contribution in [2.45, 2.75) is 20.0 Å². The molecule has 0 bridgehead atoms. The summed E-state index contributed by atoms with van der Waals surface area (Å²) in [5.41, 5.74) is 8.04. The molecule has 4 N–H and O–H groups in total. The third-order valence-electron chi connectivity index (χ3n) is 2.02. The number of aliphatic carboxylic acids is 1. The van der Waals surface area contributed by atoms with E-state index in [-0.39, 0.29) is 0 Å². The second-order valence-electron chi connectivity index (χ2n) is 3.59. The van der Waals surface area contributed by atoms with E-state index in [0.29, 0.717) is 0 Å². The van der Waals surface area contributed by atoms with E-state index in [1.165, 1.54) is 5.56 Å². The van der Waals surface area contributed by atoms with Crippen molar-refractivity contribution in [1.82, 2.24) is 0 Å². The molecule has 1 rings (SSSR count). The lowest BCUT2D eigenvalue weighted by Gasteiger charge is -2.04. The summed E-state index contributed by atoms with van der Waals surface area (Å²) in [4.78, 5) is 19.4. The number of alkyl halides is 3. The number of carbonyl (C=O) groups is 2. The average Bonchev–Trinajstić information content (AvgIpc) is 2.22. The summed E-state index contributed by atoms with van der Waals surface area (Å²) in [7, 11) is 0. The minimum absolute atomic E-state index is 0.529. The quantitative estimate of drug-likeness (QED) is 0.736. The van der Waals surface area contributed by atoms with E-state index in [1.54, 1.807) is 0 Å². The highest BCUT2D eigenvalue weighted by molar-refractivity contribution is 5.87. The molecule has 2 amide bonds. The van der Waals surface area contributed by atoms with Crippen LogP contribution in [-0.4, -0.2) is 23.3 Å². The number of urea groups is 1. The molecule has 0 aliphatic carbocycles. The molecule has 19 heavy (non-hydrogen) atoms. The van der Waals surface area contributed by atoms with Crippen molar-refractivity contribution in [3.8, 4) is 0 Å². The Morgan fingerprint density at radius 3 is 2.00 bits per heavy atom.